The first-order chi connectivity index (χ1) is 9.74. The third-order valence-electron chi connectivity index (χ3n) is 4.29. The Balaban J connectivity index is 2.39. The molecule has 1 rings (SSSR count). The Kier molecular flexibility index (Phi) is 9.67. The summed E-state index contributed by atoms with van der Waals surface area (Å²) in [6.45, 7) is 0.649. The Bertz CT molecular complexity index is 249. The number of nitrogens with one attached hydrogen (secondary N) is 1. The zero-order valence-corrected chi connectivity index (χ0v) is 12.8. The van der Waals surface area contributed by atoms with Crippen LogP contribution in [-0.4, -0.2) is 29.7 Å². The van der Waals surface area contributed by atoms with Gasteiger partial charge in [-0.2, -0.15) is 0 Å². The van der Waals surface area contributed by atoms with Crippen molar-refractivity contribution in [1.29, 1.82) is 0 Å². The van der Waals surface area contributed by atoms with Crippen LogP contribution in [0.15, 0.2) is 0 Å². The van der Waals surface area contributed by atoms with Crippen LogP contribution in [0.25, 0.3) is 0 Å². The number of hydrogen-bond donors (Lipinski definition) is 3. The minimum Gasteiger partial charge on any atom is -0.480 e. The lowest BCUT2D eigenvalue weighted by molar-refractivity contribution is -0.140. The SMILES string of the molecule is NCCCC[C@H](NC1CCCCCCCCC1)C(=O)O. The lowest BCUT2D eigenvalue weighted by atomic mass is 9.96. The maximum atomic E-state index is 11.4. The summed E-state index contributed by atoms with van der Waals surface area (Å²) < 4.78 is 0. The normalized spacial score (nSPS) is 20.4. The van der Waals surface area contributed by atoms with Crippen LogP contribution in [0.2, 0.25) is 0 Å². The summed E-state index contributed by atoms with van der Waals surface area (Å²) in [7, 11) is 0. The summed E-state index contributed by atoms with van der Waals surface area (Å²) in [4.78, 5) is 11.4. The molecule has 0 bridgehead atoms. The highest BCUT2D eigenvalue weighted by Crippen LogP contribution is 2.18. The van der Waals surface area contributed by atoms with Crippen LogP contribution in [0.3, 0.4) is 0 Å². The molecule has 0 aromatic rings. The van der Waals surface area contributed by atoms with Crippen LogP contribution in [0, 0.1) is 0 Å². The summed E-state index contributed by atoms with van der Waals surface area (Å²) in [6, 6.07) is -0.0124. The van der Waals surface area contributed by atoms with Gasteiger partial charge in [0.2, 0.25) is 0 Å². The number of unbranched alkanes of at least 4 members (excludes halogenated alkanes) is 1. The van der Waals surface area contributed by atoms with E-state index in [1.807, 2.05) is 0 Å². The molecule has 1 aliphatic rings. The van der Waals surface area contributed by atoms with Gasteiger partial charge in [-0.1, -0.05) is 51.4 Å². The highest BCUT2D eigenvalue weighted by molar-refractivity contribution is 5.73. The first kappa shape index (κ1) is 17.4. The predicted octanol–water partition coefficient (Wildman–Crippen LogP) is 3.05. The Morgan fingerprint density at radius 2 is 1.60 bits per heavy atom. The fourth-order valence-electron chi connectivity index (χ4n) is 3.03. The quantitative estimate of drug-likeness (QED) is 0.628. The Hall–Kier alpha value is -0.610. The molecule has 1 atom stereocenters. The van der Waals surface area contributed by atoms with Gasteiger partial charge in [0, 0.05) is 6.04 Å². The number of nitrogens with two attached hydrogens (primary N) is 1. The summed E-state index contributed by atoms with van der Waals surface area (Å²) in [5.41, 5.74) is 5.48. The summed E-state index contributed by atoms with van der Waals surface area (Å²) in [5, 5.41) is 12.7. The molecule has 0 spiro atoms. The monoisotopic (exact) mass is 284 g/mol. The van der Waals surface area contributed by atoms with E-state index in [1.165, 1.54) is 44.9 Å². The van der Waals surface area contributed by atoms with Gasteiger partial charge < -0.3 is 16.2 Å². The van der Waals surface area contributed by atoms with Gasteiger partial charge in [-0.25, -0.2) is 0 Å². The van der Waals surface area contributed by atoms with E-state index >= 15 is 0 Å². The van der Waals surface area contributed by atoms with Gasteiger partial charge in [-0.05, 0) is 32.2 Å². The molecule has 0 heterocycles. The molecule has 0 amide bonds. The largest absolute Gasteiger partial charge is 0.480 e. The van der Waals surface area contributed by atoms with Gasteiger partial charge in [0.05, 0.1) is 0 Å². The van der Waals surface area contributed by atoms with Gasteiger partial charge in [-0.15, -0.1) is 0 Å². The van der Waals surface area contributed by atoms with E-state index in [1.54, 1.807) is 0 Å². The van der Waals surface area contributed by atoms with Crippen LogP contribution in [0.4, 0.5) is 0 Å². The van der Waals surface area contributed by atoms with Crippen molar-refractivity contribution in [3.05, 3.63) is 0 Å². The van der Waals surface area contributed by atoms with Crippen LogP contribution in [0.5, 0.6) is 0 Å². The van der Waals surface area contributed by atoms with E-state index in [2.05, 4.69) is 5.32 Å². The number of hydrogen-bond acceptors (Lipinski definition) is 3. The van der Waals surface area contributed by atoms with Crippen molar-refractivity contribution < 1.29 is 9.90 Å². The molecule has 0 aromatic carbocycles. The second kappa shape index (κ2) is 11.1. The van der Waals surface area contributed by atoms with Gasteiger partial charge in [0.15, 0.2) is 0 Å². The molecular formula is C16H32N2O2. The topological polar surface area (TPSA) is 75.3 Å². The Morgan fingerprint density at radius 3 is 2.10 bits per heavy atom. The van der Waals surface area contributed by atoms with Crippen molar-refractivity contribution in [2.45, 2.75) is 89.1 Å². The summed E-state index contributed by atoms with van der Waals surface area (Å²) in [6.07, 6.45) is 13.9. The van der Waals surface area contributed by atoms with E-state index in [-0.39, 0.29) is 0 Å². The van der Waals surface area contributed by atoms with Crippen LogP contribution >= 0.6 is 0 Å². The number of carboxylic acids is 1. The molecule has 1 fully saturated rings. The number of carbonyl (C=O) groups is 1. The molecule has 4 heteroatoms. The zero-order chi connectivity index (χ0) is 14.6. The fraction of sp³-hybridized carbons (Fsp3) is 0.938. The molecule has 0 aromatic heterocycles. The molecule has 0 saturated heterocycles. The fourth-order valence-corrected chi connectivity index (χ4v) is 3.03. The second-order valence-corrected chi connectivity index (χ2v) is 6.09. The van der Waals surface area contributed by atoms with Gasteiger partial charge >= 0.3 is 5.97 Å². The van der Waals surface area contributed by atoms with Gasteiger partial charge in [0.1, 0.15) is 6.04 Å². The van der Waals surface area contributed by atoms with Crippen molar-refractivity contribution >= 4 is 5.97 Å². The van der Waals surface area contributed by atoms with E-state index < -0.39 is 12.0 Å². The number of carboxylic acid groups (broad SMARTS) is 1. The third kappa shape index (κ3) is 7.85. The molecular weight excluding hydrogens is 252 g/mol. The minimum absolute atomic E-state index is 0.382. The number of aliphatic carboxylic acids is 1. The zero-order valence-electron chi connectivity index (χ0n) is 12.8. The third-order valence-corrected chi connectivity index (χ3v) is 4.29. The smallest absolute Gasteiger partial charge is 0.320 e. The lowest BCUT2D eigenvalue weighted by Crippen LogP contribution is -2.43. The van der Waals surface area contributed by atoms with Crippen molar-refractivity contribution in [2.75, 3.05) is 6.54 Å². The standard InChI is InChI=1S/C16H32N2O2/c17-13-9-8-12-15(16(19)20)18-14-10-6-4-2-1-3-5-7-11-14/h14-15,18H,1-13,17H2,(H,19,20)/t15-/m0/s1. The van der Waals surface area contributed by atoms with Gasteiger partial charge in [-0.3, -0.25) is 4.79 Å². The van der Waals surface area contributed by atoms with Crippen molar-refractivity contribution in [2.24, 2.45) is 5.73 Å². The number of rotatable bonds is 7. The van der Waals surface area contributed by atoms with Crippen molar-refractivity contribution in [1.82, 2.24) is 5.32 Å². The van der Waals surface area contributed by atoms with Crippen LogP contribution < -0.4 is 11.1 Å². The second-order valence-electron chi connectivity index (χ2n) is 6.09. The van der Waals surface area contributed by atoms with Crippen LogP contribution in [-0.2, 0) is 4.79 Å². The predicted molar refractivity (Wildman–Crippen MR) is 82.8 cm³/mol. The molecule has 0 aliphatic heterocycles. The Morgan fingerprint density at radius 1 is 1.05 bits per heavy atom. The summed E-state index contributed by atoms with van der Waals surface area (Å²) >= 11 is 0. The average molecular weight is 284 g/mol. The van der Waals surface area contributed by atoms with Crippen molar-refractivity contribution in [3.8, 4) is 0 Å². The first-order valence-electron chi connectivity index (χ1n) is 8.43. The highest BCUT2D eigenvalue weighted by Gasteiger charge is 2.21. The molecule has 4 N–H and O–H groups in total. The maximum absolute atomic E-state index is 11.4. The Labute approximate surface area is 123 Å². The molecule has 20 heavy (non-hydrogen) atoms. The van der Waals surface area contributed by atoms with E-state index in [0.717, 1.165) is 25.7 Å². The highest BCUT2D eigenvalue weighted by atomic mass is 16.4. The van der Waals surface area contributed by atoms with Crippen molar-refractivity contribution in [3.63, 3.8) is 0 Å². The van der Waals surface area contributed by atoms with E-state index in [0.29, 0.717) is 19.0 Å². The molecule has 0 unspecified atom stereocenters. The molecule has 0 radical (unpaired) electrons. The first-order valence-corrected chi connectivity index (χ1v) is 8.43. The van der Waals surface area contributed by atoms with Crippen LogP contribution in [0.1, 0.15) is 77.0 Å². The van der Waals surface area contributed by atoms with E-state index in [4.69, 9.17) is 5.73 Å². The molecule has 4 nitrogen and oxygen atoms in total. The summed E-state index contributed by atoms with van der Waals surface area (Å²) in [5.74, 6) is -0.709. The van der Waals surface area contributed by atoms with E-state index in [9.17, 15) is 9.90 Å². The van der Waals surface area contributed by atoms with Gasteiger partial charge in [0.25, 0.3) is 0 Å². The minimum atomic E-state index is -0.709. The molecule has 1 saturated carbocycles. The molecule has 118 valence electrons. The molecule has 1 aliphatic carbocycles. The lowest BCUT2D eigenvalue weighted by Gasteiger charge is -2.24. The maximum Gasteiger partial charge on any atom is 0.320 e. The average Bonchev–Trinajstić information content (AvgIpc) is 2.44.